The number of piperidine rings is 4. The van der Waals surface area contributed by atoms with Gasteiger partial charge in [-0.15, -0.1) is 0 Å². The highest BCUT2D eigenvalue weighted by molar-refractivity contribution is 6.31. The zero-order valence-corrected chi connectivity index (χ0v) is 10.8. The lowest BCUT2D eigenvalue weighted by Crippen LogP contribution is -2.67. The molecule has 0 unspecified atom stereocenters. The first-order valence-corrected chi connectivity index (χ1v) is 7.08. The van der Waals surface area contributed by atoms with Crippen LogP contribution in [-0.4, -0.2) is 24.2 Å². The Morgan fingerprint density at radius 3 is 2.28 bits per heavy atom. The van der Waals surface area contributed by atoms with Gasteiger partial charge in [-0.05, 0) is 43.9 Å². The monoisotopic (exact) mass is 266 g/mol. The summed E-state index contributed by atoms with van der Waals surface area (Å²) in [6.07, 6.45) is 4.84. The van der Waals surface area contributed by atoms with Crippen LogP contribution in [0.3, 0.4) is 0 Å². The molecule has 1 aromatic carbocycles. The highest BCUT2D eigenvalue weighted by Gasteiger charge is 2.46. The van der Waals surface area contributed by atoms with Crippen LogP contribution in [0.5, 0.6) is 0 Å². The summed E-state index contributed by atoms with van der Waals surface area (Å²) in [7, 11) is 0. The minimum Gasteiger partial charge on any atom is -0.365 e. The largest absolute Gasteiger partial charge is 0.365 e. The van der Waals surface area contributed by atoms with Crippen LogP contribution in [0.25, 0.3) is 0 Å². The van der Waals surface area contributed by atoms with Crippen LogP contribution < -0.4 is 10.2 Å². The topological polar surface area (TPSA) is 15.3 Å². The second-order valence-corrected chi connectivity index (χ2v) is 6.22. The van der Waals surface area contributed by atoms with Gasteiger partial charge >= 0.3 is 0 Å². The Bertz CT molecular complexity index is 463. The van der Waals surface area contributed by atoms with Gasteiger partial charge in [0.25, 0.3) is 0 Å². The molecule has 4 bridgehead atoms. The summed E-state index contributed by atoms with van der Waals surface area (Å²) >= 11 is 5.91. The highest BCUT2D eigenvalue weighted by Crippen LogP contribution is 2.42. The average Bonchev–Trinajstić information content (AvgIpc) is 2.32. The van der Waals surface area contributed by atoms with Gasteiger partial charge in [-0.25, -0.2) is 4.39 Å². The number of nitrogens with zero attached hydrogens (tertiary/aromatic N) is 1. The molecule has 4 aliphatic heterocycles. The summed E-state index contributed by atoms with van der Waals surface area (Å²) in [5, 5.41) is 3.93. The van der Waals surface area contributed by atoms with E-state index in [1.54, 1.807) is 6.07 Å². The molecule has 4 saturated heterocycles. The fourth-order valence-corrected chi connectivity index (χ4v) is 4.30. The number of anilines is 1. The van der Waals surface area contributed by atoms with Gasteiger partial charge in [-0.3, -0.25) is 0 Å². The van der Waals surface area contributed by atoms with Crippen molar-refractivity contribution in [2.45, 2.75) is 49.9 Å². The lowest BCUT2D eigenvalue weighted by molar-refractivity contribution is 0.135. The summed E-state index contributed by atoms with van der Waals surface area (Å²) in [5.41, 5.74) is 1.09. The molecule has 1 N–H and O–H groups in total. The molecular weight excluding hydrogens is 251 g/mol. The molecule has 0 amide bonds. The molecule has 0 aromatic heterocycles. The normalized spacial score (nSPS) is 37.3. The van der Waals surface area contributed by atoms with Gasteiger partial charge in [0.15, 0.2) is 0 Å². The zero-order chi connectivity index (χ0) is 12.3. The quantitative estimate of drug-likeness (QED) is 0.841. The summed E-state index contributed by atoms with van der Waals surface area (Å²) in [6, 6.07) is 7.75. The highest BCUT2D eigenvalue weighted by atomic mass is 35.5. The smallest absolute Gasteiger partial charge is 0.141 e. The molecule has 96 valence electrons. The fraction of sp³-hybridized carbons (Fsp3) is 0.571. The van der Waals surface area contributed by atoms with Gasteiger partial charge in [-0.1, -0.05) is 11.6 Å². The molecular formula is C14H16ClFN2. The van der Waals surface area contributed by atoms with Crippen molar-refractivity contribution in [3.05, 3.63) is 29.0 Å². The van der Waals surface area contributed by atoms with Gasteiger partial charge < -0.3 is 10.2 Å². The molecule has 4 heteroatoms. The van der Waals surface area contributed by atoms with E-state index in [2.05, 4.69) is 10.2 Å². The van der Waals surface area contributed by atoms with Crippen molar-refractivity contribution in [2.24, 2.45) is 0 Å². The second kappa shape index (κ2) is 3.84. The molecule has 0 aliphatic carbocycles. The molecule has 1 aromatic rings. The van der Waals surface area contributed by atoms with Gasteiger partial charge in [-0.2, -0.15) is 0 Å². The first-order chi connectivity index (χ1) is 8.70. The molecule has 4 fully saturated rings. The Morgan fingerprint density at radius 1 is 1.11 bits per heavy atom. The second-order valence-electron chi connectivity index (χ2n) is 5.82. The molecule has 0 spiro atoms. The Hall–Kier alpha value is -0.800. The van der Waals surface area contributed by atoms with Gasteiger partial charge in [0.2, 0.25) is 0 Å². The van der Waals surface area contributed by atoms with E-state index in [4.69, 9.17) is 11.6 Å². The Balaban J connectivity index is 1.70. The molecule has 4 aliphatic rings. The minimum absolute atomic E-state index is 0.236. The van der Waals surface area contributed by atoms with Crippen LogP contribution in [0.15, 0.2) is 18.2 Å². The molecule has 0 radical (unpaired) electrons. The van der Waals surface area contributed by atoms with Crippen LogP contribution in [0, 0.1) is 5.82 Å². The van der Waals surface area contributed by atoms with Crippen molar-refractivity contribution in [1.29, 1.82) is 0 Å². The zero-order valence-electron chi connectivity index (χ0n) is 10.1. The third kappa shape index (κ3) is 1.57. The van der Waals surface area contributed by atoms with E-state index in [1.165, 1.54) is 31.7 Å². The maximum absolute atomic E-state index is 13.3. The van der Waals surface area contributed by atoms with Crippen molar-refractivity contribution in [3.8, 4) is 0 Å². The van der Waals surface area contributed by atoms with E-state index < -0.39 is 0 Å². The van der Waals surface area contributed by atoms with Gasteiger partial charge in [0.1, 0.15) is 5.82 Å². The van der Waals surface area contributed by atoms with Crippen LogP contribution in [0.4, 0.5) is 10.1 Å². The fourth-order valence-electron chi connectivity index (χ4n) is 4.12. The van der Waals surface area contributed by atoms with Crippen LogP contribution in [0.2, 0.25) is 5.02 Å². The van der Waals surface area contributed by atoms with Crippen LogP contribution in [0.1, 0.15) is 25.7 Å². The Morgan fingerprint density at radius 2 is 1.72 bits per heavy atom. The van der Waals surface area contributed by atoms with E-state index >= 15 is 0 Å². The first kappa shape index (κ1) is 11.1. The van der Waals surface area contributed by atoms with Crippen molar-refractivity contribution in [1.82, 2.24) is 5.32 Å². The maximum atomic E-state index is 13.3. The lowest BCUT2D eigenvalue weighted by atomic mass is 9.74. The van der Waals surface area contributed by atoms with Crippen molar-refractivity contribution < 1.29 is 4.39 Å². The van der Waals surface area contributed by atoms with E-state index in [1.807, 2.05) is 6.07 Å². The van der Waals surface area contributed by atoms with E-state index in [9.17, 15) is 4.39 Å². The third-order valence-corrected chi connectivity index (χ3v) is 4.98. The van der Waals surface area contributed by atoms with E-state index in [0.717, 1.165) is 5.69 Å². The minimum atomic E-state index is -0.327. The van der Waals surface area contributed by atoms with E-state index in [0.29, 0.717) is 24.2 Å². The molecule has 0 atom stereocenters. The SMILES string of the molecule is Fc1ccc(N2C3CC4CC2CC(C3)N4)cc1Cl. The van der Waals surface area contributed by atoms with Crippen LogP contribution >= 0.6 is 11.6 Å². The molecule has 0 saturated carbocycles. The molecule has 18 heavy (non-hydrogen) atoms. The Labute approximate surface area is 111 Å². The predicted octanol–water partition coefficient (Wildman–Crippen LogP) is 2.95. The van der Waals surface area contributed by atoms with Crippen LogP contribution in [-0.2, 0) is 0 Å². The van der Waals surface area contributed by atoms with Crippen molar-refractivity contribution in [3.63, 3.8) is 0 Å². The molecule has 4 heterocycles. The van der Waals surface area contributed by atoms with Gasteiger partial charge in [0, 0.05) is 29.9 Å². The third-order valence-electron chi connectivity index (χ3n) is 4.69. The average molecular weight is 267 g/mol. The number of halogens is 2. The summed E-state index contributed by atoms with van der Waals surface area (Å²) in [5.74, 6) is -0.327. The van der Waals surface area contributed by atoms with Gasteiger partial charge in [0.05, 0.1) is 5.02 Å². The maximum Gasteiger partial charge on any atom is 0.141 e. The number of nitrogens with one attached hydrogen (secondary N) is 1. The lowest BCUT2D eigenvalue weighted by Gasteiger charge is -2.58. The number of hydrogen-bond acceptors (Lipinski definition) is 2. The number of hydrogen-bond donors (Lipinski definition) is 1. The van der Waals surface area contributed by atoms with Crippen molar-refractivity contribution in [2.75, 3.05) is 4.90 Å². The Kier molecular flexibility index (Phi) is 2.36. The summed E-state index contributed by atoms with van der Waals surface area (Å²) in [4.78, 5) is 2.49. The number of benzene rings is 1. The standard InChI is InChI=1S/C14H16ClFN2/c15-13-7-10(1-2-14(13)16)18-11-3-8-4-12(18)6-9(5-11)17-8/h1-2,7-9,11-12,17H,3-6H2. The molecule has 5 rings (SSSR count). The first-order valence-electron chi connectivity index (χ1n) is 6.70. The number of rotatable bonds is 1. The van der Waals surface area contributed by atoms with E-state index in [-0.39, 0.29) is 10.8 Å². The molecule has 2 nitrogen and oxygen atoms in total. The van der Waals surface area contributed by atoms with Crippen molar-refractivity contribution >= 4 is 17.3 Å². The predicted molar refractivity (Wildman–Crippen MR) is 70.6 cm³/mol. The summed E-state index contributed by atoms with van der Waals surface area (Å²) in [6.45, 7) is 0. The summed E-state index contributed by atoms with van der Waals surface area (Å²) < 4.78 is 13.3.